The van der Waals surface area contributed by atoms with Crippen molar-refractivity contribution in [3.05, 3.63) is 46.0 Å². The van der Waals surface area contributed by atoms with Crippen LogP contribution in [0.4, 0.5) is 0 Å². The van der Waals surface area contributed by atoms with E-state index < -0.39 is 12.1 Å². The molecular formula is C12H16N2O3. The molecule has 1 aliphatic rings. The van der Waals surface area contributed by atoms with Crippen molar-refractivity contribution in [2.45, 2.75) is 18.0 Å². The molecule has 0 amide bonds. The van der Waals surface area contributed by atoms with Crippen molar-refractivity contribution in [3.63, 3.8) is 0 Å². The highest BCUT2D eigenvalue weighted by Crippen LogP contribution is 2.32. The van der Waals surface area contributed by atoms with Crippen LogP contribution in [0.5, 0.6) is 0 Å². The Labute approximate surface area is 99.8 Å². The number of nitrogens with zero attached hydrogens (tertiary/aromatic N) is 2. The van der Waals surface area contributed by atoms with Crippen molar-refractivity contribution in [1.29, 1.82) is 0 Å². The van der Waals surface area contributed by atoms with E-state index in [-0.39, 0.29) is 17.4 Å². The van der Waals surface area contributed by atoms with Crippen LogP contribution >= 0.6 is 0 Å². The SMILES string of the molecule is CN1C[C@H](c2ccccc2)C([N+](=O)[O-])C1CO. The lowest BCUT2D eigenvalue weighted by molar-refractivity contribution is -0.528. The molecule has 1 saturated heterocycles. The minimum Gasteiger partial charge on any atom is -0.394 e. The molecule has 0 saturated carbocycles. The second kappa shape index (κ2) is 4.81. The van der Waals surface area contributed by atoms with Crippen LogP contribution < -0.4 is 0 Å². The van der Waals surface area contributed by atoms with Crippen molar-refractivity contribution in [2.75, 3.05) is 20.2 Å². The fraction of sp³-hybridized carbons (Fsp3) is 0.500. The van der Waals surface area contributed by atoms with Crippen molar-refractivity contribution in [3.8, 4) is 0 Å². The van der Waals surface area contributed by atoms with E-state index in [1.807, 2.05) is 42.3 Å². The van der Waals surface area contributed by atoms with Gasteiger partial charge in [0.25, 0.3) is 0 Å². The molecule has 0 spiro atoms. The highest BCUT2D eigenvalue weighted by molar-refractivity contribution is 5.23. The summed E-state index contributed by atoms with van der Waals surface area (Å²) < 4.78 is 0. The lowest BCUT2D eigenvalue weighted by Crippen LogP contribution is -2.40. The van der Waals surface area contributed by atoms with Crippen LogP contribution in [-0.4, -0.2) is 47.2 Å². The van der Waals surface area contributed by atoms with Gasteiger partial charge in [-0.05, 0) is 12.6 Å². The monoisotopic (exact) mass is 236 g/mol. The molecule has 0 radical (unpaired) electrons. The molecule has 0 aromatic heterocycles. The summed E-state index contributed by atoms with van der Waals surface area (Å²) in [5.41, 5.74) is 0.969. The zero-order chi connectivity index (χ0) is 12.4. The van der Waals surface area contributed by atoms with Gasteiger partial charge < -0.3 is 5.11 Å². The van der Waals surface area contributed by atoms with Gasteiger partial charge in [0, 0.05) is 11.5 Å². The lowest BCUT2D eigenvalue weighted by atomic mass is 9.92. The van der Waals surface area contributed by atoms with Crippen molar-refractivity contribution in [1.82, 2.24) is 4.90 Å². The molecule has 1 aromatic carbocycles. The van der Waals surface area contributed by atoms with Crippen LogP contribution in [0.2, 0.25) is 0 Å². The van der Waals surface area contributed by atoms with Crippen molar-refractivity contribution < 1.29 is 10.0 Å². The molecule has 3 atom stereocenters. The van der Waals surface area contributed by atoms with E-state index in [2.05, 4.69) is 0 Å². The van der Waals surface area contributed by atoms with Gasteiger partial charge in [0.15, 0.2) is 0 Å². The molecule has 1 fully saturated rings. The highest BCUT2D eigenvalue weighted by Gasteiger charge is 2.48. The number of aliphatic hydroxyl groups excluding tert-OH is 1. The largest absolute Gasteiger partial charge is 0.394 e. The van der Waals surface area contributed by atoms with E-state index in [9.17, 15) is 15.2 Å². The van der Waals surface area contributed by atoms with E-state index >= 15 is 0 Å². The molecule has 2 rings (SSSR count). The third kappa shape index (κ3) is 2.16. The van der Waals surface area contributed by atoms with Gasteiger partial charge in [-0.3, -0.25) is 15.0 Å². The van der Waals surface area contributed by atoms with E-state index in [0.29, 0.717) is 6.54 Å². The normalized spacial score (nSPS) is 29.4. The predicted octanol–water partition coefficient (Wildman–Crippen LogP) is 0.722. The maximum Gasteiger partial charge on any atom is 0.238 e. The van der Waals surface area contributed by atoms with Gasteiger partial charge in [0.1, 0.15) is 6.04 Å². The minimum atomic E-state index is -0.729. The van der Waals surface area contributed by atoms with Crippen LogP contribution in [0.3, 0.4) is 0 Å². The Morgan fingerprint density at radius 1 is 1.47 bits per heavy atom. The predicted molar refractivity (Wildman–Crippen MR) is 63.5 cm³/mol. The summed E-state index contributed by atoms with van der Waals surface area (Å²) in [6, 6.07) is 8.37. The quantitative estimate of drug-likeness (QED) is 0.620. The van der Waals surface area contributed by atoms with Crippen molar-refractivity contribution in [2.24, 2.45) is 0 Å². The molecule has 0 aliphatic carbocycles. The van der Waals surface area contributed by atoms with Crippen LogP contribution in [0.15, 0.2) is 30.3 Å². The number of nitro groups is 1. The van der Waals surface area contributed by atoms with Crippen LogP contribution in [0.25, 0.3) is 0 Å². The highest BCUT2D eigenvalue weighted by atomic mass is 16.6. The molecule has 92 valence electrons. The molecular weight excluding hydrogens is 220 g/mol. The summed E-state index contributed by atoms with van der Waals surface area (Å²) in [5.74, 6) is -0.145. The maximum absolute atomic E-state index is 11.2. The Morgan fingerprint density at radius 2 is 2.12 bits per heavy atom. The zero-order valence-electron chi connectivity index (χ0n) is 9.69. The van der Waals surface area contributed by atoms with E-state index in [0.717, 1.165) is 5.56 Å². The standard InChI is InChI=1S/C12H16N2O3/c1-13-7-10(9-5-3-2-4-6-9)12(14(16)17)11(13)8-15/h2-6,10-12,15H,7-8H2,1H3/t10-,11?,12?/m1/s1. The van der Waals surface area contributed by atoms with E-state index in [1.54, 1.807) is 0 Å². The molecule has 0 bridgehead atoms. The number of rotatable bonds is 3. The lowest BCUT2D eigenvalue weighted by Gasteiger charge is -2.17. The Balaban J connectivity index is 2.31. The minimum absolute atomic E-state index is 0.145. The summed E-state index contributed by atoms with van der Waals surface area (Å²) in [6.45, 7) is 0.437. The van der Waals surface area contributed by atoms with Gasteiger partial charge >= 0.3 is 0 Å². The average molecular weight is 236 g/mol. The number of hydrogen-bond acceptors (Lipinski definition) is 4. The second-order valence-electron chi connectivity index (χ2n) is 4.48. The molecule has 1 heterocycles. The Bertz CT molecular complexity index is 396. The summed E-state index contributed by atoms with van der Waals surface area (Å²) in [7, 11) is 1.82. The average Bonchev–Trinajstić information content (AvgIpc) is 2.67. The van der Waals surface area contributed by atoms with E-state index in [4.69, 9.17) is 0 Å². The summed E-state index contributed by atoms with van der Waals surface area (Å²) in [5, 5.41) is 20.4. The number of aliphatic hydroxyl groups is 1. The Hall–Kier alpha value is -1.46. The van der Waals surface area contributed by atoms with Crippen LogP contribution in [-0.2, 0) is 0 Å². The van der Waals surface area contributed by atoms with Crippen LogP contribution in [0.1, 0.15) is 11.5 Å². The Kier molecular flexibility index (Phi) is 3.40. The summed E-state index contributed by atoms with van der Waals surface area (Å²) in [6.07, 6.45) is 0. The van der Waals surface area contributed by atoms with Gasteiger partial charge in [-0.1, -0.05) is 30.3 Å². The van der Waals surface area contributed by atoms with Crippen LogP contribution in [0, 0.1) is 10.1 Å². The smallest absolute Gasteiger partial charge is 0.238 e. The first-order valence-corrected chi connectivity index (χ1v) is 5.64. The molecule has 2 unspecified atom stereocenters. The van der Waals surface area contributed by atoms with Gasteiger partial charge in [0.2, 0.25) is 6.04 Å². The molecule has 1 N–H and O–H groups in total. The van der Waals surface area contributed by atoms with Gasteiger partial charge in [-0.25, -0.2) is 0 Å². The number of hydrogen-bond donors (Lipinski definition) is 1. The molecule has 17 heavy (non-hydrogen) atoms. The van der Waals surface area contributed by atoms with Gasteiger partial charge in [0.05, 0.1) is 12.5 Å². The summed E-state index contributed by atoms with van der Waals surface area (Å²) in [4.78, 5) is 12.8. The first-order chi connectivity index (χ1) is 8.15. The third-order valence-corrected chi connectivity index (χ3v) is 3.52. The summed E-state index contributed by atoms with van der Waals surface area (Å²) >= 11 is 0. The van der Waals surface area contributed by atoms with Gasteiger partial charge in [-0.2, -0.15) is 0 Å². The van der Waals surface area contributed by atoms with Gasteiger partial charge in [-0.15, -0.1) is 0 Å². The number of likely N-dealkylation sites (N-methyl/N-ethyl adjacent to an activating group) is 1. The first-order valence-electron chi connectivity index (χ1n) is 5.64. The topological polar surface area (TPSA) is 66.6 Å². The molecule has 5 heteroatoms. The fourth-order valence-electron chi connectivity index (χ4n) is 2.62. The fourth-order valence-corrected chi connectivity index (χ4v) is 2.62. The molecule has 1 aromatic rings. The Morgan fingerprint density at radius 3 is 2.65 bits per heavy atom. The third-order valence-electron chi connectivity index (χ3n) is 3.52. The number of likely N-dealkylation sites (tertiary alicyclic amines) is 1. The van der Waals surface area contributed by atoms with E-state index in [1.165, 1.54) is 0 Å². The maximum atomic E-state index is 11.2. The van der Waals surface area contributed by atoms with Crippen molar-refractivity contribution >= 4 is 0 Å². The molecule has 1 aliphatic heterocycles. The molecule has 5 nitrogen and oxygen atoms in total. The second-order valence-corrected chi connectivity index (χ2v) is 4.48. The zero-order valence-corrected chi connectivity index (χ0v) is 9.69. The first kappa shape index (κ1) is 12.0. The number of benzene rings is 1.